The van der Waals surface area contributed by atoms with Gasteiger partial charge in [-0.15, -0.1) is 0 Å². The van der Waals surface area contributed by atoms with E-state index in [1.54, 1.807) is 12.3 Å². The first-order valence-corrected chi connectivity index (χ1v) is 9.40. The first-order chi connectivity index (χ1) is 13.7. The van der Waals surface area contributed by atoms with Crippen LogP contribution in [0.15, 0.2) is 54.7 Å². The van der Waals surface area contributed by atoms with Crippen molar-refractivity contribution >= 4 is 46.0 Å². The van der Waals surface area contributed by atoms with Crippen molar-refractivity contribution in [2.24, 2.45) is 0 Å². The number of benzene rings is 2. The lowest BCUT2D eigenvalue weighted by molar-refractivity contribution is -0.111. The highest BCUT2D eigenvalue weighted by atomic mass is 35.5. The third-order valence-electron chi connectivity index (χ3n) is 4.44. The molecule has 0 unspecified atom stereocenters. The molecule has 0 atom stereocenters. The number of carbonyl (C=O) groups excluding carboxylic acids is 1. The van der Waals surface area contributed by atoms with E-state index in [2.05, 4.69) is 20.2 Å². The monoisotopic (exact) mass is 394 g/mol. The predicted molar refractivity (Wildman–Crippen MR) is 112 cm³/mol. The molecule has 142 valence electrons. The second-order valence-electron chi connectivity index (χ2n) is 6.34. The van der Waals surface area contributed by atoms with Gasteiger partial charge in [0.25, 0.3) is 0 Å². The summed E-state index contributed by atoms with van der Waals surface area (Å²) in [5, 5.41) is 3.52. The van der Waals surface area contributed by atoms with Gasteiger partial charge in [-0.1, -0.05) is 29.8 Å². The molecule has 2 aromatic carbocycles. The average Bonchev–Trinajstić information content (AvgIpc) is 2.73. The fourth-order valence-electron chi connectivity index (χ4n) is 3.11. The number of rotatable bonds is 4. The number of anilines is 2. The van der Waals surface area contributed by atoms with E-state index in [4.69, 9.17) is 16.3 Å². The Kier molecular flexibility index (Phi) is 5.50. The smallest absolute Gasteiger partial charge is 0.248 e. The van der Waals surface area contributed by atoms with Crippen molar-refractivity contribution in [3.05, 3.63) is 65.5 Å². The number of halogens is 1. The van der Waals surface area contributed by atoms with Crippen LogP contribution in [0, 0.1) is 0 Å². The van der Waals surface area contributed by atoms with Gasteiger partial charge in [0, 0.05) is 19.2 Å². The predicted octanol–water partition coefficient (Wildman–Crippen LogP) is 3.77. The van der Waals surface area contributed by atoms with Gasteiger partial charge in [-0.3, -0.25) is 9.78 Å². The van der Waals surface area contributed by atoms with Crippen molar-refractivity contribution in [1.82, 2.24) is 9.97 Å². The minimum Gasteiger partial charge on any atom is -0.378 e. The van der Waals surface area contributed by atoms with Crippen LogP contribution in [0.3, 0.4) is 0 Å². The van der Waals surface area contributed by atoms with E-state index in [1.165, 1.54) is 6.08 Å². The van der Waals surface area contributed by atoms with E-state index in [0.717, 1.165) is 29.8 Å². The van der Waals surface area contributed by atoms with Crippen molar-refractivity contribution in [2.75, 3.05) is 36.5 Å². The first-order valence-electron chi connectivity index (χ1n) is 9.03. The fourth-order valence-corrected chi connectivity index (χ4v) is 3.41. The number of nitrogens with zero attached hydrogens (tertiary/aromatic N) is 3. The molecule has 0 spiro atoms. The van der Waals surface area contributed by atoms with Crippen LogP contribution in [0.4, 0.5) is 11.4 Å². The lowest BCUT2D eigenvalue weighted by Crippen LogP contribution is -2.37. The average molecular weight is 395 g/mol. The van der Waals surface area contributed by atoms with Gasteiger partial charge in [0.15, 0.2) is 0 Å². The van der Waals surface area contributed by atoms with E-state index in [9.17, 15) is 4.79 Å². The number of morpholine rings is 1. The Hall–Kier alpha value is -2.96. The van der Waals surface area contributed by atoms with Gasteiger partial charge < -0.3 is 15.0 Å². The van der Waals surface area contributed by atoms with Gasteiger partial charge in [-0.2, -0.15) is 0 Å². The highest BCUT2D eigenvalue weighted by Crippen LogP contribution is 2.34. The number of hydrogen-bond donors (Lipinski definition) is 1. The molecule has 3 aromatic rings. The molecule has 1 aliphatic heterocycles. The van der Waals surface area contributed by atoms with Gasteiger partial charge in [0.2, 0.25) is 5.91 Å². The number of amides is 1. The van der Waals surface area contributed by atoms with Crippen LogP contribution in [0.5, 0.6) is 0 Å². The van der Waals surface area contributed by atoms with Crippen LogP contribution in [0.2, 0.25) is 5.02 Å². The van der Waals surface area contributed by atoms with Gasteiger partial charge in [0.1, 0.15) is 0 Å². The van der Waals surface area contributed by atoms with Crippen molar-refractivity contribution in [3.8, 4) is 0 Å². The summed E-state index contributed by atoms with van der Waals surface area (Å²) in [7, 11) is 0. The van der Waals surface area contributed by atoms with E-state index in [1.807, 2.05) is 42.5 Å². The summed E-state index contributed by atoms with van der Waals surface area (Å²) in [6.07, 6.45) is 4.74. The molecule has 7 heteroatoms. The standard InChI is InChI=1S/C21H19ClN4O2/c22-16-4-3-7-19(21(16)26-10-12-28-13-11-26)25-20(27)9-8-15-14-23-17-5-1-2-6-18(17)24-15/h1-9,14H,10-13H2,(H,25,27)/b9-8+. The van der Waals surface area contributed by atoms with Gasteiger partial charge in [-0.05, 0) is 30.3 Å². The summed E-state index contributed by atoms with van der Waals surface area (Å²) in [4.78, 5) is 23.4. The Morgan fingerprint density at radius 3 is 2.71 bits per heavy atom. The maximum atomic E-state index is 12.5. The lowest BCUT2D eigenvalue weighted by Gasteiger charge is -2.31. The minimum absolute atomic E-state index is 0.258. The Morgan fingerprint density at radius 2 is 1.89 bits per heavy atom. The molecule has 1 N–H and O–H groups in total. The van der Waals surface area contributed by atoms with E-state index < -0.39 is 0 Å². The number of hydrogen-bond acceptors (Lipinski definition) is 5. The van der Waals surface area contributed by atoms with Crippen molar-refractivity contribution in [1.29, 1.82) is 0 Å². The summed E-state index contributed by atoms with van der Waals surface area (Å²) < 4.78 is 5.40. The highest BCUT2D eigenvalue weighted by Gasteiger charge is 2.18. The van der Waals surface area contributed by atoms with Crippen LogP contribution in [-0.2, 0) is 9.53 Å². The normalized spacial score (nSPS) is 14.5. The lowest BCUT2D eigenvalue weighted by atomic mass is 10.2. The molecule has 1 saturated heterocycles. The number of aromatic nitrogens is 2. The molecule has 28 heavy (non-hydrogen) atoms. The Bertz CT molecular complexity index is 1030. The number of para-hydroxylation sites is 3. The zero-order chi connectivity index (χ0) is 19.3. The maximum absolute atomic E-state index is 12.5. The molecule has 1 aliphatic rings. The Balaban J connectivity index is 1.51. The summed E-state index contributed by atoms with van der Waals surface area (Å²) >= 11 is 6.40. The van der Waals surface area contributed by atoms with E-state index in [0.29, 0.717) is 29.6 Å². The summed E-state index contributed by atoms with van der Waals surface area (Å²) in [6.45, 7) is 2.74. The van der Waals surface area contributed by atoms with Gasteiger partial charge >= 0.3 is 0 Å². The second-order valence-corrected chi connectivity index (χ2v) is 6.75. The molecule has 1 amide bonds. The maximum Gasteiger partial charge on any atom is 0.248 e. The molecule has 0 bridgehead atoms. The van der Waals surface area contributed by atoms with Gasteiger partial charge in [-0.25, -0.2) is 4.98 Å². The molecule has 4 rings (SSSR count). The summed E-state index contributed by atoms with van der Waals surface area (Å²) in [5.41, 5.74) is 3.72. The largest absolute Gasteiger partial charge is 0.378 e. The number of carbonyl (C=O) groups is 1. The van der Waals surface area contributed by atoms with Crippen molar-refractivity contribution in [2.45, 2.75) is 0 Å². The minimum atomic E-state index is -0.258. The molecule has 1 aromatic heterocycles. The molecule has 2 heterocycles. The second kappa shape index (κ2) is 8.37. The third kappa shape index (κ3) is 4.13. The zero-order valence-corrected chi connectivity index (χ0v) is 15.9. The summed E-state index contributed by atoms with van der Waals surface area (Å²) in [6, 6.07) is 13.1. The Morgan fingerprint density at radius 1 is 1.11 bits per heavy atom. The molecular formula is C21H19ClN4O2. The van der Waals surface area contributed by atoms with Gasteiger partial charge in [0.05, 0.1) is 52.5 Å². The van der Waals surface area contributed by atoms with Crippen LogP contribution >= 0.6 is 11.6 Å². The molecule has 0 aliphatic carbocycles. The quantitative estimate of drug-likeness (QED) is 0.682. The van der Waals surface area contributed by atoms with E-state index in [-0.39, 0.29) is 5.91 Å². The number of fused-ring (bicyclic) bond motifs is 1. The fraction of sp³-hybridized carbons (Fsp3) is 0.190. The topological polar surface area (TPSA) is 67.4 Å². The number of nitrogens with one attached hydrogen (secondary N) is 1. The Labute approximate surface area is 167 Å². The number of ether oxygens (including phenoxy) is 1. The van der Waals surface area contributed by atoms with Crippen LogP contribution < -0.4 is 10.2 Å². The van der Waals surface area contributed by atoms with Crippen molar-refractivity contribution < 1.29 is 9.53 Å². The van der Waals surface area contributed by atoms with E-state index >= 15 is 0 Å². The molecule has 6 nitrogen and oxygen atoms in total. The highest BCUT2D eigenvalue weighted by molar-refractivity contribution is 6.34. The molecule has 1 fully saturated rings. The summed E-state index contributed by atoms with van der Waals surface area (Å²) in [5.74, 6) is -0.258. The molecule has 0 saturated carbocycles. The first kappa shape index (κ1) is 18.4. The molecule has 0 radical (unpaired) electrons. The van der Waals surface area contributed by atoms with Crippen molar-refractivity contribution in [3.63, 3.8) is 0 Å². The molecular weight excluding hydrogens is 376 g/mol. The van der Waals surface area contributed by atoms with Crippen LogP contribution in [0.25, 0.3) is 17.1 Å². The zero-order valence-electron chi connectivity index (χ0n) is 15.1. The third-order valence-corrected chi connectivity index (χ3v) is 4.75. The SMILES string of the molecule is O=C(/C=C/c1cnc2ccccc2n1)Nc1cccc(Cl)c1N1CCOCC1. The van der Waals surface area contributed by atoms with Crippen LogP contribution in [-0.4, -0.2) is 42.2 Å². The van der Waals surface area contributed by atoms with Crippen LogP contribution in [0.1, 0.15) is 5.69 Å².